The zero-order chi connectivity index (χ0) is 17.6. The molecule has 0 fully saturated rings. The van der Waals surface area contributed by atoms with Crippen molar-refractivity contribution in [1.82, 2.24) is 4.90 Å². The highest BCUT2D eigenvalue weighted by atomic mass is 35.5. The molecule has 0 aromatic rings. The van der Waals surface area contributed by atoms with E-state index < -0.39 is 0 Å². The molecule has 158 valence electrons. The van der Waals surface area contributed by atoms with Gasteiger partial charge in [0.05, 0.1) is 0 Å². The maximum absolute atomic E-state index is 2.83. The fourth-order valence-corrected chi connectivity index (χ4v) is 2.98. The predicted octanol–water partition coefficient (Wildman–Crippen LogP) is 8.14. The molecule has 4 heteroatoms. The minimum absolute atomic E-state index is 0. The van der Waals surface area contributed by atoms with Crippen LogP contribution in [0, 0.1) is 0 Å². The fourth-order valence-electron chi connectivity index (χ4n) is 2.69. The molecule has 0 N–H and O–H groups in total. The molecule has 0 aliphatic carbocycles. The summed E-state index contributed by atoms with van der Waals surface area (Å²) in [6.45, 7) is 2.29. The molecule has 1 nitrogen and oxygen atoms in total. The van der Waals surface area contributed by atoms with E-state index in [9.17, 15) is 0 Å². The highest BCUT2D eigenvalue weighted by Crippen LogP contribution is 2.13. The number of unbranched alkanes of at least 4 members (excludes halogenated alkanes) is 15. The zero-order valence-electron chi connectivity index (χ0n) is 17.9. The van der Waals surface area contributed by atoms with Gasteiger partial charge in [-0.1, -0.05) is 103 Å². The van der Waals surface area contributed by atoms with Crippen molar-refractivity contribution in [3.8, 4) is 0 Å². The Morgan fingerprint density at radius 2 is 0.680 bits per heavy atom. The molecule has 0 saturated carbocycles. The number of hydrogen-bond acceptors (Lipinski definition) is 1. The van der Waals surface area contributed by atoms with Crippen LogP contribution in [-0.2, 0) is 0 Å². The second kappa shape index (κ2) is 32.6. The molecule has 0 radical (unpaired) electrons. The molecule has 0 aliphatic heterocycles. The van der Waals surface area contributed by atoms with Gasteiger partial charge in [-0.2, -0.15) is 0 Å². The third kappa shape index (κ3) is 45.7. The van der Waals surface area contributed by atoms with E-state index in [-0.39, 0.29) is 24.8 Å². The van der Waals surface area contributed by atoms with Crippen LogP contribution < -0.4 is 0 Å². The Morgan fingerprint density at radius 3 is 0.880 bits per heavy atom. The van der Waals surface area contributed by atoms with Gasteiger partial charge < -0.3 is 4.90 Å². The lowest BCUT2D eigenvalue weighted by Crippen LogP contribution is -1.99. The molecule has 0 aromatic heterocycles. The zero-order valence-corrected chi connectivity index (χ0v) is 20.6. The largest absolute Gasteiger partial charge is 0.312 e. The Kier molecular flexibility index (Phi) is 43.8. The highest BCUT2D eigenvalue weighted by Gasteiger charge is 1.94. The molecule has 0 saturated heterocycles. The van der Waals surface area contributed by atoms with E-state index in [1.54, 1.807) is 0 Å². The Bertz CT molecular complexity index is 174. The Balaban J connectivity index is -0.000000330. The lowest BCUT2D eigenvalue weighted by molar-refractivity contribution is 0.505. The lowest BCUT2D eigenvalue weighted by atomic mass is 10.0. The summed E-state index contributed by atoms with van der Waals surface area (Å²) in [6, 6.07) is 0. The first kappa shape index (κ1) is 33.5. The van der Waals surface area contributed by atoms with E-state index in [1.807, 2.05) is 26.0 Å². The number of nitrogens with zero attached hydrogens (tertiary/aromatic N) is 1. The van der Waals surface area contributed by atoms with Gasteiger partial charge in [0, 0.05) is 0 Å². The Morgan fingerprint density at radius 1 is 0.480 bits per heavy atom. The normalized spacial score (nSPS) is 9.84. The maximum Gasteiger partial charge on any atom is -0.0140 e. The molecule has 25 heavy (non-hydrogen) atoms. The molecule has 0 aromatic carbocycles. The molecule has 0 amide bonds. The van der Waals surface area contributed by atoms with E-state index in [0.29, 0.717) is 0 Å². The molecule has 0 bridgehead atoms. The standard InChI is InChI=1S/C18H39P.C3H9N.2ClH/c1-2-3-4-5-6-7-8-9-10-11-12-13-14-15-16-17-18-19;1-4(2)3;;/h2-19H2,1H3;1-3H3;2*1H. The highest BCUT2D eigenvalue weighted by molar-refractivity contribution is 7.16. The molecule has 0 aliphatic rings. The third-order valence-corrected chi connectivity index (χ3v) is 4.47. The topological polar surface area (TPSA) is 3.24 Å². The van der Waals surface area contributed by atoms with Crippen molar-refractivity contribution in [3.05, 3.63) is 0 Å². The molecule has 1 unspecified atom stereocenters. The minimum Gasteiger partial charge on any atom is -0.312 e. The smallest absolute Gasteiger partial charge is 0.0140 e. The summed E-state index contributed by atoms with van der Waals surface area (Å²) >= 11 is 0. The van der Waals surface area contributed by atoms with Gasteiger partial charge in [0.15, 0.2) is 0 Å². The van der Waals surface area contributed by atoms with Crippen LogP contribution in [0.4, 0.5) is 0 Å². The van der Waals surface area contributed by atoms with Gasteiger partial charge in [-0.3, -0.25) is 0 Å². The monoisotopic (exact) mass is 417 g/mol. The van der Waals surface area contributed by atoms with Crippen LogP contribution in [0.1, 0.15) is 110 Å². The van der Waals surface area contributed by atoms with Crippen LogP contribution >= 0.6 is 34.1 Å². The third-order valence-electron chi connectivity index (χ3n) is 4.06. The first-order valence-corrected chi connectivity index (χ1v) is 11.3. The quantitative estimate of drug-likeness (QED) is 0.181. The molecule has 1 atom stereocenters. The van der Waals surface area contributed by atoms with Crippen molar-refractivity contribution in [1.29, 1.82) is 0 Å². The van der Waals surface area contributed by atoms with Crippen molar-refractivity contribution in [3.63, 3.8) is 0 Å². The van der Waals surface area contributed by atoms with Crippen LogP contribution in [0.15, 0.2) is 0 Å². The summed E-state index contributed by atoms with van der Waals surface area (Å²) in [6.07, 6.45) is 24.7. The Labute approximate surface area is 175 Å². The predicted molar refractivity (Wildman–Crippen MR) is 128 cm³/mol. The SMILES string of the molecule is CCCCCCCCCCCCCCCCCCP.CN(C)C.Cl.Cl. The molecule has 0 spiro atoms. The van der Waals surface area contributed by atoms with Gasteiger partial charge in [-0.05, 0) is 33.7 Å². The van der Waals surface area contributed by atoms with Gasteiger partial charge in [-0.25, -0.2) is 0 Å². The van der Waals surface area contributed by atoms with Crippen LogP contribution in [0.25, 0.3) is 0 Å². The van der Waals surface area contributed by atoms with E-state index in [2.05, 4.69) is 16.2 Å². The fraction of sp³-hybridized carbons (Fsp3) is 1.00. The lowest BCUT2D eigenvalue weighted by Gasteiger charge is -2.03. The average Bonchev–Trinajstić information content (AvgIpc) is 2.50. The summed E-state index contributed by atoms with van der Waals surface area (Å²) in [7, 11) is 8.83. The van der Waals surface area contributed by atoms with E-state index >= 15 is 0 Å². The van der Waals surface area contributed by atoms with Crippen LogP contribution in [-0.4, -0.2) is 32.2 Å². The van der Waals surface area contributed by atoms with Gasteiger partial charge in [0.2, 0.25) is 0 Å². The van der Waals surface area contributed by atoms with Gasteiger partial charge in [0.1, 0.15) is 0 Å². The number of hydrogen-bond donors (Lipinski definition) is 0. The van der Waals surface area contributed by atoms with Gasteiger partial charge in [-0.15, -0.1) is 34.1 Å². The van der Waals surface area contributed by atoms with Crippen molar-refractivity contribution in [2.75, 3.05) is 27.3 Å². The molecule has 0 rings (SSSR count). The summed E-state index contributed by atoms with van der Waals surface area (Å²) in [5.74, 6) is 0. The second-order valence-corrected chi connectivity index (χ2v) is 8.01. The first-order valence-electron chi connectivity index (χ1n) is 10.5. The van der Waals surface area contributed by atoms with Crippen molar-refractivity contribution in [2.45, 2.75) is 110 Å². The summed E-state index contributed by atoms with van der Waals surface area (Å²) in [5, 5.41) is 0. The van der Waals surface area contributed by atoms with Crippen molar-refractivity contribution < 1.29 is 0 Å². The Hall–Kier alpha value is 0.970. The van der Waals surface area contributed by atoms with Crippen LogP contribution in [0.2, 0.25) is 0 Å². The van der Waals surface area contributed by atoms with Gasteiger partial charge in [0.25, 0.3) is 0 Å². The second-order valence-electron chi connectivity index (χ2n) is 7.43. The van der Waals surface area contributed by atoms with Crippen molar-refractivity contribution in [2.24, 2.45) is 0 Å². The average molecular weight is 419 g/mol. The molecular formula is C21H50Cl2NP. The van der Waals surface area contributed by atoms with Gasteiger partial charge >= 0.3 is 0 Å². The summed E-state index contributed by atoms with van der Waals surface area (Å²) in [4.78, 5) is 2.00. The summed E-state index contributed by atoms with van der Waals surface area (Å²) < 4.78 is 0. The van der Waals surface area contributed by atoms with Crippen LogP contribution in [0.3, 0.4) is 0 Å². The first-order chi connectivity index (χ1) is 11.1. The minimum atomic E-state index is 0. The van der Waals surface area contributed by atoms with E-state index in [0.717, 1.165) is 0 Å². The van der Waals surface area contributed by atoms with E-state index in [4.69, 9.17) is 0 Å². The molecular weight excluding hydrogens is 368 g/mol. The number of halogens is 2. The van der Waals surface area contributed by atoms with E-state index in [1.165, 1.54) is 109 Å². The van der Waals surface area contributed by atoms with Crippen LogP contribution in [0.5, 0.6) is 0 Å². The molecule has 0 heterocycles. The van der Waals surface area contributed by atoms with Crippen molar-refractivity contribution >= 4 is 34.1 Å². The number of rotatable bonds is 16. The maximum atomic E-state index is 2.83. The summed E-state index contributed by atoms with van der Waals surface area (Å²) in [5.41, 5.74) is 0.